The molecule has 176 valence electrons. The van der Waals surface area contributed by atoms with Crippen molar-refractivity contribution < 1.29 is 9.53 Å². The smallest absolute Gasteiger partial charge is 0.342 e. The van der Waals surface area contributed by atoms with Gasteiger partial charge in [0, 0.05) is 22.7 Å². The normalized spacial score (nSPS) is 10.5. The molecule has 0 aromatic heterocycles. The molecule has 0 amide bonds. The fourth-order valence-electron chi connectivity index (χ4n) is 4.37. The van der Waals surface area contributed by atoms with Crippen molar-refractivity contribution in [2.75, 3.05) is 16.9 Å². The van der Waals surface area contributed by atoms with E-state index < -0.39 is 5.97 Å². The fourth-order valence-corrected chi connectivity index (χ4v) is 4.37. The lowest BCUT2D eigenvalue weighted by molar-refractivity contribution is 0.0602. The highest BCUT2D eigenvalue weighted by Gasteiger charge is 2.27. The lowest BCUT2D eigenvalue weighted by Crippen LogP contribution is -2.20. The second-order valence-corrected chi connectivity index (χ2v) is 8.18. The molecule has 5 rings (SSSR count). The molecule has 0 saturated carbocycles. The zero-order chi connectivity index (χ0) is 24.7. The Balaban J connectivity index is 1.80. The van der Waals surface area contributed by atoms with Gasteiger partial charge in [0.15, 0.2) is 0 Å². The predicted octanol–water partition coefficient (Wildman–Crippen LogP) is 8.41. The number of carbonyl (C=O) groups excluding carboxylic acids is 1. The minimum absolute atomic E-state index is 0.408. The summed E-state index contributed by atoms with van der Waals surface area (Å²) < 4.78 is 5.37. The number of esters is 1. The number of carbonyl (C=O) groups is 1. The lowest BCUT2D eigenvalue weighted by atomic mass is 10.0. The van der Waals surface area contributed by atoms with Gasteiger partial charge in [-0.05, 0) is 60.7 Å². The van der Waals surface area contributed by atoms with Gasteiger partial charge in [-0.2, -0.15) is 0 Å². The summed E-state index contributed by atoms with van der Waals surface area (Å²) in [5, 5.41) is 0. The number of nitrogens with zero attached hydrogens (tertiary/aromatic N) is 2. The Morgan fingerprint density at radius 3 is 1.06 bits per heavy atom. The van der Waals surface area contributed by atoms with E-state index in [9.17, 15) is 4.79 Å². The molecule has 5 aromatic carbocycles. The van der Waals surface area contributed by atoms with Gasteiger partial charge in [0.25, 0.3) is 0 Å². The molecule has 0 aliphatic carbocycles. The molecule has 0 atom stereocenters. The van der Waals surface area contributed by atoms with Gasteiger partial charge in [-0.3, -0.25) is 0 Å². The van der Waals surface area contributed by atoms with Crippen LogP contribution in [0.4, 0.5) is 34.1 Å². The van der Waals surface area contributed by atoms with Gasteiger partial charge >= 0.3 is 5.97 Å². The van der Waals surface area contributed by atoms with Crippen LogP contribution in [0.1, 0.15) is 10.4 Å². The zero-order valence-electron chi connectivity index (χ0n) is 20.0. The summed E-state index contributed by atoms with van der Waals surface area (Å²) in [5.74, 6) is -0.408. The van der Waals surface area contributed by atoms with Crippen LogP contribution in [0.5, 0.6) is 0 Å². The standard InChI is InChI=1S/C32H26N2O2/c1-36-32(35)31-29(33(25-15-6-2-7-16-25)26-17-8-3-9-18-26)23-14-24-30(31)34(27-19-10-4-11-20-27)28-21-12-5-13-22-28/h2-24H,1H3. The Morgan fingerprint density at radius 1 is 0.472 bits per heavy atom. The summed E-state index contributed by atoms with van der Waals surface area (Å²) in [4.78, 5) is 17.7. The molecule has 0 spiro atoms. The van der Waals surface area contributed by atoms with Crippen LogP contribution >= 0.6 is 0 Å². The van der Waals surface area contributed by atoms with E-state index in [1.807, 2.05) is 140 Å². The molecule has 5 aromatic rings. The summed E-state index contributed by atoms with van der Waals surface area (Å²) in [7, 11) is 1.42. The van der Waals surface area contributed by atoms with Gasteiger partial charge in [-0.25, -0.2) is 4.79 Å². The summed E-state index contributed by atoms with van der Waals surface area (Å²) in [6.45, 7) is 0. The average Bonchev–Trinajstić information content (AvgIpc) is 2.95. The summed E-state index contributed by atoms with van der Waals surface area (Å²) >= 11 is 0. The van der Waals surface area contributed by atoms with Gasteiger partial charge in [0.1, 0.15) is 5.56 Å². The molecule has 0 radical (unpaired) electrons. The molecule has 4 heteroatoms. The largest absolute Gasteiger partial charge is 0.465 e. The van der Waals surface area contributed by atoms with Crippen LogP contribution in [0.25, 0.3) is 0 Å². The van der Waals surface area contributed by atoms with Gasteiger partial charge < -0.3 is 14.5 Å². The van der Waals surface area contributed by atoms with Crippen molar-refractivity contribution in [1.82, 2.24) is 0 Å². The maximum atomic E-state index is 13.5. The molecule has 0 bridgehead atoms. The van der Waals surface area contributed by atoms with Crippen LogP contribution in [-0.4, -0.2) is 13.1 Å². The molecule has 0 aliphatic rings. The van der Waals surface area contributed by atoms with Crippen LogP contribution in [0.3, 0.4) is 0 Å². The summed E-state index contributed by atoms with van der Waals surface area (Å²) in [5.41, 5.74) is 5.70. The monoisotopic (exact) mass is 470 g/mol. The van der Waals surface area contributed by atoms with Crippen LogP contribution in [0, 0.1) is 0 Å². The van der Waals surface area contributed by atoms with Crippen molar-refractivity contribution in [3.8, 4) is 0 Å². The van der Waals surface area contributed by atoms with Crippen molar-refractivity contribution in [3.05, 3.63) is 145 Å². The predicted molar refractivity (Wildman–Crippen MR) is 147 cm³/mol. The van der Waals surface area contributed by atoms with Crippen molar-refractivity contribution in [2.24, 2.45) is 0 Å². The number of ether oxygens (including phenoxy) is 1. The van der Waals surface area contributed by atoms with Crippen molar-refractivity contribution in [2.45, 2.75) is 0 Å². The van der Waals surface area contributed by atoms with E-state index in [0.717, 1.165) is 34.1 Å². The number of hydrogen-bond donors (Lipinski definition) is 0. The van der Waals surface area contributed by atoms with Crippen LogP contribution in [0.2, 0.25) is 0 Å². The lowest BCUT2D eigenvalue weighted by Gasteiger charge is -2.31. The SMILES string of the molecule is COC(=O)c1c(N(c2ccccc2)c2ccccc2)cccc1N(c1ccccc1)c1ccccc1. The Labute approximate surface area is 211 Å². The first-order valence-corrected chi connectivity index (χ1v) is 11.8. The number of hydrogen-bond acceptors (Lipinski definition) is 4. The van der Waals surface area contributed by atoms with E-state index in [-0.39, 0.29) is 0 Å². The Kier molecular flexibility index (Phi) is 6.77. The number of anilines is 6. The molecule has 36 heavy (non-hydrogen) atoms. The van der Waals surface area contributed by atoms with Crippen LogP contribution in [0.15, 0.2) is 140 Å². The molecule has 0 heterocycles. The fraction of sp³-hybridized carbons (Fsp3) is 0.0312. The third kappa shape index (κ3) is 4.57. The van der Waals surface area contributed by atoms with Crippen molar-refractivity contribution >= 4 is 40.1 Å². The number of benzene rings is 5. The molecule has 0 unspecified atom stereocenters. The molecule has 0 N–H and O–H groups in total. The second kappa shape index (κ2) is 10.6. The highest BCUT2D eigenvalue weighted by atomic mass is 16.5. The first-order valence-electron chi connectivity index (χ1n) is 11.8. The summed E-state index contributed by atoms with van der Waals surface area (Å²) in [6.07, 6.45) is 0. The zero-order valence-corrected chi connectivity index (χ0v) is 20.0. The van der Waals surface area contributed by atoms with Crippen LogP contribution in [-0.2, 0) is 4.74 Å². The van der Waals surface area contributed by atoms with E-state index >= 15 is 0 Å². The van der Waals surface area contributed by atoms with Gasteiger partial charge in [0.2, 0.25) is 0 Å². The van der Waals surface area contributed by atoms with Crippen molar-refractivity contribution in [1.29, 1.82) is 0 Å². The van der Waals surface area contributed by atoms with E-state index in [1.54, 1.807) is 0 Å². The van der Waals surface area contributed by atoms with E-state index in [1.165, 1.54) is 7.11 Å². The number of para-hydroxylation sites is 4. The van der Waals surface area contributed by atoms with Gasteiger partial charge in [0.05, 0.1) is 18.5 Å². The molecule has 0 fully saturated rings. The molecule has 0 saturated heterocycles. The van der Waals surface area contributed by atoms with Gasteiger partial charge in [-0.15, -0.1) is 0 Å². The quantitative estimate of drug-likeness (QED) is 0.224. The first-order chi connectivity index (χ1) is 17.8. The minimum Gasteiger partial charge on any atom is -0.465 e. The number of rotatable bonds is 7. The van der Waals surface area contributed by atoms with E-state index in [0.29, 0.717) is 5.56 Å². The van der Waals surface area contributed by atoms with E-state index in [4.69, 9.17) is 4.74 Å². The Bertz CT molecular complexity index is 1240. The third-order valence-corrected chi connectivity index (χ3v) is 5.95. The van der Waals surface area contributed by atoms with Gasteiger partial charge in [-0.1, -0.05) is 78.9 Å². The Morgan fingerprint density at radius 2 is 0.778 bits per heavy atom. The highest BCUT2D eigenvalue weighted by Crippen LogP contribution is 2.44. The summed E-state index contributed by atoms with van der Waals surface area (Å²) in [6, 6.07) is 46.1. The highest BCUT2D eigenvalue weighted by molar-refractivity contribution is 6.06. The minimum atomic E-state index is -0.408. The van der Waals surface area contributed by atoms with Crippen LogP contribution < -0.4 is 9.80 Å². The number of methoxy groups -OCH3 is 1. The molecule has 4 nitrogen and oxygen atoms in total. The molecular formula is C32H26N2O2. The van der Waals surface area contributed by atoms with E-state index in [2.05, 4.69) is 9.80 Å². The first kappa shape index (κ1) is 22.9. The second-order valence-electron chi connectivity index (χ2n) is 8.18. The maximum Gasteiger partial charge on any atom is 0.342 e. The topological polar surface area (TPSA) is 32.8 Å². The average molecular weight is 471 g/mol. The molecular weight excluding hydrogens is 444 g/mol. The third-order valence-electron chi connectivity index (χ3n) is 5.95. The van der Waals surface area contributed by atoms with Crippen molar-refractivity contribution in [3.63, 3.8) is 0 Å². The Hall–Kier alpha value is -4.83. The molecule has 0 aliphatic heterocycles. The maximum absolute atomic E-state index is 13.5.